The van der Waals surface area contributed by atoms with Crippen LogP contribution in [-0.2, 0) is 23.2 Å². The van der Waals surface area contributed by atoms with E-state index in [1.54, 1.807) is 4.68 Å². The summed E-state index contributed by atoms with van der Waals surface area (Å²) in [5.41, 5.74) is 2.99. The van der Waals surface area contributed by atoms with Crippen molar-refractivity contribution in [3.63, 3.8) is 0 Å². The number of aromatic nitrogens is 2. The van der Waals surface area contributed by atoms with Gasteiger partial charge in [0.2, 0.25) is 11.8 Å². The van der Waals surface area contributed by atoms with Crippen LogP contribution in [0.4, 0.5) is 0 Å². The van der Waals surface area contributed by atoms with Crippen molar-refractivity contribution in [3.8, 4) is 0 Å². The highest BCUT2D eigenvalue weighted by Gasteiger charge is 2.30. The predicted molar refractivity (Wildman–Crippen MR) is 108 cm³/mol. The summed E-state index contributed by atoms with van der Waals surface area (Å²) in [6, 6.07) is 9.57. The summed E-state index contributed by atoms with van der Waals surface area (Å²) >= 11 is 0. The second kappa shape index (κ2) is 9.32. The maximum absolute atomic E-state index is 12.4. The molecule has 1 aliphatic rings. The standard InChI is InChI=1S/C21H27N5O2/c1-16-18(15-25(2)24-16)14-23-20(27)13-19-21(28)22-10-12-26(19)11-6-9-17-7-4-3-5-8-17/h3-9,15,19H,10-14H2,1-2H3,(H,22,28)(H,23,27)/b9-6+. The average Bonchev–Trinajstić information content (AvgIpc) is 3.00. The second-order valence-electron chi connectivity index (χ2n) is 7.01. The molecule has 7 nitrogen and oxygen atoms in total. The minimum atomic E-state index is -0.454. The van der Waals surface area contributed by atoms with E-state index in [1.165, 1.54) is 0 Å². The van der Waals surface area contributed by atoms with Crippen molar-refractivity contribution in [2.45, 2.75) is 25.9 Å². The molecule has 1 aromatic carbocycles. The Kier molecular flexibility index (Phi) is 6.60. The van der Waals surface area contributed by atoms with Crippen LogP contribution in [0.2, 0.25) is 0 Å². The van der Waals surface area contributed by atoms with E-state index in [4.69, 9.17) is 0 Å². The van der Waals surface area contributed by atoms with Gasteiger partial charge in [-0.3, -0.25) is 19.2 Å². The highest BCUT2D eigenvalue weighted by atomic mass is 16.2. The summed E-state index contributed by atoms with van der Waals surface area (Å²) in [7, 11) is 1.85. The van der Waals surface area contributed by atoms with Gasteiger partial charge in [0, 0.05) is 45.0 Å². The van der Waals surface area contributed by atoms with Crippen molar-refractivity contribution >= 4 is 17.9 Å². The van der Waals surface area contributed by atoms with Gasteiger partial charge in [-0.1, -0.05) is 42.5 Å². The van der Waals surface area contributed by atoms with Crippen LogP contribution >= 0.6 is 0 Å². The number of carbonyl (C=O) groups is 2. The monoisotopic (exact) mass is 381 g/mol. The lowest BCUT2D eigenvalue weighted by Crippen LogP contribution is -2.56. The third kappa shape index (κ3) is 5.29. The first kappa shape index (κ1) is 19.8. The fraction of sp³-hybridized carbons (Fsp3) is 0.381. The number of nitrogens with one attached hydrogen (secondary N) is 2. The smallest absolute Gasteiger partial charge is 0.237 e. The molecule has 2 N–H and O–H groups in total. The first-order valence-corrected chi connectivity index (χ1v) is 9.52. The summed E-state index contributed by atoms with van der Waals surface area (Å²) in [5, 5.41) is 10.0. The highest BCUT2D eigenvalue weighted by molar-refractivity contribution is 5.88. The molecule has 0 aliphatic carbocycles. The van der Waals surface area contributed by atoms with Gasteiger partial charge in [-0.05, 0) is 12.5 Å². The molecule has 1 unspecified atom stereocenters. The molecule has 7 heteroatoms. The third-order valence-electron chi connectivity index (χ3n) is 4.86. The highest BCUT2D eigenvalue weighted by Crippen LogP contribution is 2.11. The average molecular weight is 381 g/mol. The van der Waals surface area contributed by atoms with Crippen LogP contribution in [0.3, 0.4) is 0 Å². The summed E-state index contributed by atoms with van der Waals surface area (Å²) in [6.07, 6.45) is 6.11. The number of nitrogens with zero attached hydrogens (tertiary/aromatic N) is 3. The van der Waals surface area contributed by atoms with Crippen molar-refractivity contribution in [1.29, 1.82) is 0 Å². The molecule has 1 fully saturated rings. The Morgan fingerprint density at radius 3 is 2.86 bits per heavy atom. The van der Waals surface area contributed by atoms with E-state index in [-0.39, 0.29) is 18.2 Å². The summed E-state index contributed by atoms with van der Waals surface area (Å²) in [5.74, 6) is -0.227. The molecule has 2 heterocycles. The summed E-state index contributed by atoms with van der Waals surface area (Å²) in [4.78, 5) is 26.8. The summed E-state index contributed by atoms with van der Waals surface area (Å²) < 4.78 is 1.73. The first-order valence-electron chi connectivity index (χ1n) is 9.52. The molecule has 1 aliphatic heterocycles. The van der Waals surface area contributed by atoms with Crippen molar-refractivity contribution in [2.75, 3.05) is 19.6 Å². The van der Waals surface area contributed by atoms with Gasteiger partial charge in [-0.25, -0.2) is 0 Å². The molecule has 0 radical (unpaired) electrons. The van der Waals surface area contributed by atoms with E-state index in [1.807, 2.05) is 67.6 Å². The molecule has 3 rings (SSSR count). The maximum atomic E-state index is 12.4. The number of amides is 2. The number of benzene rings is 1. The Morgan fingerprint density at radius 2 is 2.14 bits per heavy atom. The lowest BCUT2D eigenvalue weighted by Gasteiger charge is -2.33. The lowest BCUT2D eigenvalue weighted by atomic mass is 10.1. The topological polar surface area (TPSA) is 79.3 Å². The van der Waals surface area contributed by atoms with Crippen molar-refractivity contribution in [1.82, 2.24) is 25.3 Å². The van der Waals surface area contributed by atoms with E-state index >= 15 is 0 Å². The first-order chi connectivity index (χ1) is 13.5. The Bertz CT molecular complexity index is 844. The molecule has 1 aromatic heterocycles. The quantitative estimate of drug-likeness (QED) is 0.757. The number of carbonyl (C=O) groups excluding carboxylic acids is 2. The molecule has 1 atom stereocenters. The van der Waals surface area contributed by atoms with Gasteiger partial charge in [-0.2, -0.15) is 5.10 Å². The maximum Gasteiger partial charge on any atom is 0.237 e. The van der Waals surface area contributed by atoms with E-state index in [0.717, 1.165) is 23.4 Å². The fourth-order valence-corrected chi connectivity index (χ4v) is 3.35. The molecule has 0 bridgehead atoms. The number of hydrogen-bond acceptors (Lipinski definition) is 4. The molecule has 2 aromatic rings. The van der Waals surface area contributed by atoms with Gasteiger partial charge >= 0.3 is 0 Å². The lowest BCUT2D eigenvalue weighted by molar-refractivity contribution is -0.133. The van der Waals surface area contributed by atoms with Gasteiger partial charge in [0.25, 0.3) is 0 Å². The van der Waals surface area contributed by atoms with E-state index in [2.05, 4.69) is 15.7 Å². The molecular formula is C21H27N5O2. The van der Waals surface area contributed by atoms with Crippen molar-refractivity contribution < 1.29 is 9.59 Å². The van der Waals surface area contributed by atoms with E-state index in [9.17, 15) is 9.59 Å². The number of hydrogen-bond donors (Lipinski definition) is 2. The van der Waals surface area contributed by atoms with Crippen LogP contribution in [0.25, 0.3) is 6.08 Å². The zero-order chi connectivity index (χ0) is 19.9. The zero-order valence-electron chi connectivity index (χ0n) is 16.4. The Hall–Kier alpha value is -2.93. The largest absolute Gasteiger partial charge is 0.353 e. The molecule has 0 saturated carbocycles. The zero-order valence-corrected chi connectivity index (χ0v) is 16.4. The predicted octanol–water partition coefficient (Wildman–Crippen LogP) is 1.25. The van der Waals surface area contributed by atoms with Crippen molar-refractivity contribution in [2.24, 2.45) is 7.05 Å². The fourth-order valence-electron chi connectivity index (χ4n) is 3.35. The normalized spacial score (nSPS) is 17.6. The van der Waals surface area contributed by atoms with Crippen molar-refractivity contribution in [3.05, 3.63) is 59.4 Å². The van der Waals surface area contributed by atoms with E-state index < -0.39 is 6.04 Å². The van der Waals surface area contributed by atoms with Crippen LogP contribution in [0, 0.1) is 6.92 Å². The van der Waals surface area contributed by atoms with Gasteiger partial charge in [0.1, 0.15) is 0 Å². The molecule has 1 saturated heterocycles. The number of aryl methyl sites for hydroxylation is 2. The van der Waals surface area contributed by atoms with Crippen LogP contribution < -0.4 is 10.6 Å². The number of rotatable bonds is 7. The molecule has 0 spiro atoms. The molecular weight excluding hydrogens is 354 g/mol. The SMILES string of the molecule is Cc1nn(C)cc1CNC(=O)CC1C(=O)NCCN1C/C=C/c1ccccc1. The molecule has 148 valence electrons. The Balaban J connectivity index is 1.55. The Morgan fingerprint density at radius 1 is 1.36 bits per heavy atom. The van der Waals surface area contributed by atoms with E-state index in [0.29, 0.717) is 19.6 Å². The van der Waals surface area contributed by atoms with Gasteiger partial charge in [-0.15, -0.1) is 0 Å². The second-order valence-corrected chi connectivity index (χ2v) is 7.01. The minimum Gasteiger partial charge on any atom is -0.353 e. The molecule has 2 amide bonds. The van der Waals surface area contributed by atoms with Crippen LogP contribution in [0.5, 0.6) is 0 Å². The summed E-state index contributed by atoms with van der Waals surface area (Å²) in [6.45, 7) is 4.29. The van der Waals surface area contributed by atoms with Gasteiger partial charge in [0.15, 0.2) is 0 Å². The van der Waals surface area contributed by atoms with Crippen LogP contribution in [0.15, 0.2) is 42.6 Å². The minimum absolute atomic E-state index is 0.0907. The van der Waals surface area contributed by atoms with Gasteiger partial charge < -0.3 is 10.6 Å². The Labute approximate surface area is 165 Å². The van der Waals surface area contributed by atoms with Gasteiger partial charge in [0.05, 0.1) is 18.2 Å². The third-order valence-corrected chi connectivity index (χ3v) is 4.86. The van der Waals surface area contributed by atoms with Crippen LogP contribution in [0.1, 0.15) is 23.2 Å². The van der Waals surface area contributed by atoms with Crippen LogP contribution in [-0.4, -0.2) is 52.2 Å². The number of piperazine rings is 1. The molecule has 28 heavy (non-hydrogen) atoms.